The highest BCUT2D eigenvalue weighted by Crippen LogP contribution is 2.29. The zero-order chi connectivity index (χ0) is 11.3. The van der Waals surface area contributed by atoms with Gasteiger partial charge in [0, 0.05) is 11.5 Å². The molecule has 1 aromatic rings. The highest BCUT2D eigenvalue weighted by molar-refractivity contribution is 9.09. The van der Waals surface area contributed by atoms with Crippen molar-refractivity contribution >= 4 is 27.7 Å². The van der Waals surface area contributed by atoms with Gasteiger partial charge in [-0.3, -0.25) is 0 Å². The molecule has 0 aliphatic heterocycles. The number of thioether (sulfide) groups is 1. The molecule has 0 spiro atoms. The summed E-state index contributed by atoms with van der Waals surface area (Å²) in [5, 5.41) is 0. The van der Waals surface area contributed by atoms with Crippen molar-refractivity contribution < 1.29 is 13.2 Å². The maximum atomic E-state index is 12.1. The number of hydrogen-bond donors (Lipinski definition) is 0. The number of benzene rings is 1. The molecule has 84 valence electrons. The van der Waals surface area contributed by atoms with E-state index in [4.69, 9.17) is 0 Å². The van der Waals surface area contributed by atoms with Gasteiger partial charge in [0.2, 0.25) is 0 Å². The van der Waals surface area contributed by atoms with E-state index in [0.29, 0.717) is 5.75 Å². The van der Waals surface area contributed by atoms with Gasteiger partial charge in [0.05, 0.1) is 0 Å². The molecule has 1 aromatic carbocycles. The van der Waals surface area contributed by atoms with E-state index in [1.807, 2.05) is 30.3 Å². The average Bonchev–Trinajstić information content (AvgIpc) is 2.18. The van der Waals surface area contributed by atoms with Gasteiger partial charge in [0.15, 0.2) is 0 Å². The van der Waals surface area contributed by atoms with Crippen LogP contribution < -0.4 is 0 Å². The quantitative estimate of drug-likeness (QED) is 0.749. The first kappa shape index (κ1) is 12.9. The Labute approximate surface area is 99.4 Å². The fraction of sp³-hybridized carbons (Fsp3) is 0.400. The molecule has 1 unspecified atom stereocenters. The first-order valence-corrected chi connectivity index (χ1v) is 6.39. The molecule has 5 heteroatoms. The molecular weight excluding hydrogens is 289 g/mol. The minimum atomic E-state index is -4.15. The Kier molecular flexibility index (Phi) is 4.99. The van der Waals surface area contributed by atoms with Gasteiger partial charge in [-0.2, -0.15) is 24.9 Å². The normalized spacial score (nSPS) is 13.9. The summed E-state index contributed by atoms with van der Waals surface area (Å²) in [6, 6.07) is 9.46. The molecule has 0 aromatic heterocycles. The van der Waals surface area contributed by atoms with Gasteiger partial charge in [-0.05, 0) is 5.56 Å². The number of hydrogen-bond acceptors (Lipinski definition) is 1. The minimum absolute atomic E-state index is 0.0401. The van der Waals surface area contributed by atoms with E-state index in [1.165, 1.54) is 11.8 Å². The molecule has 0 radical (unpaired) electrons. The zero-order valence-corrected chi connectivity index (χ0v) is 10.2. The Morgan fingerprint density at radius 2 is 1.80 bits per heavy atom. The third-order valence-electron chi connectivity index (χ3n) is 1.73. The van der Waals surface area contributed by atoms with Crippen LogP contribution in [0.4, 0.5) is 13.2 Å². The summed E-state index contributed by atoms with van der Waals surface area (Å²) in [5.74, 6) is 0.650. The molecule has 0 aliphatic carbocycles. The topological polar surface area (TPSA) is 0 Å². The first-order chi connectivity index (χ1) is 7.00. The molecule has 0 saturated heterocycles. The molecule has 1 rings (SSSR count). The number of alkyl halides is 4. The van der Waals surface area contributed by atoms with Crippen LogP contribution in [0.1, 0.15) is 5.56 Å². The van der Waals surface area contributed by atoms with Crippen LogP contribution in [-0.2, 0) is 5.75 Å². The van der Waals surface area contributed by atoms with Gasteiger partial charge in [0.25, 0.3) is 0 Å². The Morgan fingerprint density at radius 3 is 2.33 bits per heavy atom. The number of halogens is 4. The summed E-state index contributed by atoms with van der Waals surface area (Å²) in [7, 11) is 0. The van der Waals surface area contributed by atoms with Gasteiger partial charge in [-0.25, -0.2) is 0 Å². The lowest BCUT2D eigenvalue weighted by Crippen LogP contribution is -2.24. The van der Waals surface area contributed by atoms with Crippen molar-refractivity contribution in [3.63, 3.8) is 0 Å². The molecule has 0 amide bonds. The molecule has 15 heavy (non-hydrogen) atoms. The Hall–Kier alpha value is -0.160. The van der Waals surface area contributed by atoms with E-state index >= 15 is 0 Å². The third kappa shape index (κ3) is 4.93. The molecule has 0 bridgehead atoms. The van der Waals surface area contributed by atoms with Crippen molar-refractivity contribution in [2.24, 2.45) is 0 Å². The molecule has 0 nitrogen and oxygen atoms in total. The lowest BCUT2D eigenvalue weighted by Gasteiger charge is -2.13. The Morgan fingerprint density at radius 1 is 1.20 bits per heavy atom. The second kappa shape index (κ2) is 5.80. The van der Waals surface area contributed by atoms with E-state index in [0.717, 1.165) is 5.56 Å². The third-order valence-corrected chi connectivity index (χ3v) is 4.11. The molecule has 1 atom stereocenters. The van der Waals surface area contributed by atoms with E-state index in [2.05, 4.69) is 15.9 Å². The van der Waals surface area contributed by atoms with Gasteiger partial charge in [-0.1, -0.05) is 46.3 Å². The summed E-state index contributed by atoms with van der Waals surface area (Å²) in [4.78, 5) is -1.42. The van der Waals surface area contributed by atoms with Crippen molar-refractivity contribution in [1.82, 2.24) is 0 Å². The predicted octanol–water partition coefficient (Wildman–Crippen LogP) is 4.25. The SMILES string of the molecule is FC(F)(F)C(Br)CSCc1ccccc1. The molecule has 0 saturated carbocycles. The first-order valence-electron chi connectivity index (χ1n) is 4.32. The fourth-order valence-electron chi connectivity index (χ4n) is 0.949. The van der Waals surface area contributed by atoms with Crippen molar-refractivity contribution in [2.75, 3.05) is 5.75 Å². The van der Waals surface area contributed by atoms with Crippen LogP contribution in [0.3, 0.4) is 0 Å². The Bertz CT molecular complexity index is 286. The summed E-state index contributed by atoms with van der Waals surface area (Å²) in [6.07, 6.45) is -4.15. The summed E-state index contributed by atoms with van der Waals surface area (Å²) in [6.45, 7) is 0. The van der Waals surface area contributed by atoms with Crippen molar-refractivity contribution in [3.8, 4) is 0 Å². The van der Waals surface area contributed by atoms with E-state index in [9.17, 15) is 13.2 Å². The molecule has 0 fully saturated rings. The zero-order valence-electron chi connectivity index (χ0n) is 7.80. The molecular formula is C10H10BrF3S. The molecule has 0 heterocycles. The fourth-order valence-corrected chi connectivity index (χ4v) is 2.45. The maximum Gasteiger partial charge on any atom is 0.402 e. The highest BCUT2D eigenvalue weighted by Gasteiger charge is 2.37. The van der Waals surface area contributed by atoms with Crippen molar-refractivity contribution in [3.05, 3.63) is 35.9 Å². The molecule has 0 N–H and O–H groups in total. The second-order valence-corrected chi connectivity index (χ2v) is 5.15. The van der Waals surface area contributed by atoms with Gasteiger partial charge in [-0.15, -0.1) is 0 Å². The van der Waals surface area contributed by atoms with Crippen molar-refractivity contribution in [2.45, 2.75) is 16.8 Å². The predicted molar refractivity (Wildman–Crippen MR) is 61.4 cm³/mol. The maximum absolute atomic E-state index is 12.1. The van der Waals surface area contributed by atoms with Crippen LogP contribution in [0.25, 0.3) is 0 Å². The monoisotopic (exact) mass is 298 g/mol. The van der Waals surface area contributed by atoms with Crippen LogP contribution in [-0.4, -0.2) is 16.8 Å². The standard InChI is InChI=1S/C10H10BrF3S/c11-9(10(12,13)14)7-15-6-8-4-2-1-3-5-8/h1-5,9H,6-7H2. The average molecular weight is 299 g/mol. The van der Waals surface area contributed by atoms with Gasteiger partial charge >= 0.3 is 6.18 Å². The van der Waals surface area contributed by atoms with Gasteiger partial charge < -0.3 is 0 Å². The van der Waals surface area contributed by atoms with Crippen LogP contribution >= 0.6 is 27.7 Å². The molecule has 0 aliphatic rings. The van der Waals surface area contributed by atoms with Crippen molar-refractivity contribution in [1.29, 1.82) is 0 Å². The highest BCUT2D eigenvalue weighted by atomic mass is 79.9. The number of rotatable bonds is 4. The minimum Gasteiger partial charge on any atom is -0.170 e. The lowest BCUT2D eigenvalue weighted by atomic mass is 10.2. The summed E-state index contributed by atoms with van der Waals surface area (Å²) in [5.41, 5.74) is 1.05. The van der Waals surface area contributed by atoms with Crippen LogP contribution in [0.5, 0.6) is 0 Å². The summed E-state index contributed by atoms with van der Waals surface area (Å²) < 4.78 is 36.3. The largest absolute Gasteiger partial charge is 0.402 e. The van der Waals surface area contributed by atoms with E-state index in [1.54, 1.807) is 0 Å². The summed E-state index contributed by atoms with van der Waals surface area (Å²) >= 11 is 3.90. The Balaban J connectivity index is 2.28. The van der Waals surface area contributed by atoms with Crippen LogP contribution in [0.15, 0.2) is 30.3 Å². The second-order valence-electron chi connectivity index (χ2n) is 3.01. The van der Waals surface area contributed by atoms with Gasteiger partial charge in [0.1, 0.15) is 4.83 Å². The van der Waals surface area contributed by atoms with Crippen LogP contribution in [0.2, 0.25) is 0 Å². The lowest BCUT2D eigenvalue weighted by molar-refractivity contribution is -0.122. The smallest absolute Gasteiger partial charge is 0.170 e. The van der Waals surface area contributed by atoms with Crippen LogP contribution in [0, 0.1) is 0 Å². The van der Waals surface area contributed by atoms with E-state index in [-0.39, 0.29) is 5.75 Å². The van der Waals surface area contributed by atoms with E-state index < -0.39 is 11.0 Å².